The lowest BCUT2D eigenvalue weighted by atomic mass is 10.1. The summed E-state index contributed by atoms with van der Waals surface area (Å²) in [6.45, 7) is -0.571. The van der Waals surface area contributed by atoms with Crippen molar-refractivity contribution in [2.45, 2.75) is 5.34 Å². The van der Waals surface area contributed by atoms with Gasteiger partial charge in [0.1, 0.15) is 0 Å². The Kier molecular flexibility index (Phi) is 3.55. The predicted octanol–water partition coefficient (Wildman–Crippen LogP) is 0.621. The lowest BCUT2D eigenvalue weighted by Crippen LogP contribution is -2.34. The van der Waals surface area contributed by atoms with E-state index in [2.05, 4.69) is 0 Å². The van der Waals surface area contributed by atoms with E-state index >= 15 is 0 Å². The summed E-state index contributed by atoms with van der Waals surface area (Å²) in [7, 11) is -4.74. The van der Waals surface area contributed by atoms with Crippen molar-refractivity contribution >= 4 is 19.2 Å². The Labute approximate surface area is 91.7 Å². The normalized spacial score (nSPS) is 16.1. The van der Waals surface area contributed by atoms with Crippen molar-refractivity contribution in [2.75, 3.05) is 6.54 Å². The quantitative estimate of drug-likeness (QED) is 0.590. The molecule has 1 rings (SSSR count). The van der Waals surface area contributed by atoms with Gasteiger partial charge >= 0.3 is 7.60 Å². The molecule has 0 aliphatic rings. The highest BCUT2D eigenvalue weighted by Gasteiger charge is 2.45. The van der Waals surface area contributed by atoms with Gasteiger partial charge in [0.2, 0.25) is 5.34 Å². The monoisotopic (exact) mass is 251 g/mol. The molecule has 0 saturated carbocycles. The maximum atomic E-state index is 11.1. The predicted molar refractivity (Wildman–Crippen MR) is 56.4 cm³/mol. The van der Waals surface area contributed by atoms with Gasteiger partial charge in [0.05, 0.1) is 0 Å². The standard InChI is InChI=1S/C8H11ClNO4P/c9-7-3-1-6(2-4-7)8(11,5-10)15(12,13)14/h1-4,11H,5,10H2,(H2,12,13,14)/t8-/m1/s1. The number of aliphatic hydroxyl groups is 1. The van der Waals surface area contributed by atoms with Gasteiger partial charge in [-0.2, -0.15) is 0 Å². The van der Waals surface area contributed by atoms with Gasteiger partial charge in [-0.1, -0.05) is 23.7 Å². The molecule has 0 fully saturated rings. The van der Waals surface area contributed by atoms with Gasteiger partial charge < -0.3 is 20.6 Å². The second-order valence-corrected chi connectivity index (χ2v) is 5.34. The van der Waals surface area contributed by atoms with E-state index < -0.39 is 19.5 Å². The number of halogens is 1. The van der Waals surface area contributed by atoms with Crippen LogP contribution in [0.2, 0.25) is 5.02 Å². The molecule has 0 amide bonds. The molecule has 0 saturated heterocycles. The third kappa shape index (κ3) is 2.39. The summed E-state index contributed by atoms with van der Waals surface area (Å²) < 4.78 is 11.1. The van der Waals surface area contributed by atoms with Crippen LogP contribution < -0.4 is 5.73 Å². The highest BCUT2D eigenvalue weighted by Crippen LogP contribution is 2.54. The highest BCUT2D eigenvalue weighted by molar-refractivity contribution is 7.52. The van der Waals surface area contributed by atoms with E-state index in [1.807, 2.05) is 0 Å². The second kappa shape index (κ2) is 4.22. The minimum absolute atomic E-state index is 0.0442. The molecule has 0 bridgehead atoms. The molecule has 5 nitrogen and oxygen atoms in total. The molecule has 0 aromatic heterocycles. The van der Waals surface area contributed by atoms with E-state index in [1.165, 1.54) is 24.3 Å². The molecule has 1 atom stereocenters. The van der Waals surface area contributed by atoms with Gasteiger partial charge in [0.15, 0.2) is 0 Å². The number of nitrogens with two attached hydrogens (primary N) is 1. The molecule has 0 radical (unpaired) electrons. The first-order chi connectivity index (χ1) is 6.81. The van der Waals surface area contributed by atoms with Crippen molar-refractivity contribution in [3.8, 4) is 0 Å². The summed E-state index contributed by atoms with van der Waals surface area (Å²) in [5, 5.41) is 7.84. The zero-order valence-corrected chi connectivity index (χ0v) is 9.32. The molecule has 1 aromatic rings. The number of rotatable bonds is 3. The van der Waals surface area contributed by atoms with Crippen LogP contribution >= 0.6 is 19.2 Å². The largest absolute Gasteiger partial charge is 0.372 e. The van der Waals surface area contributed by atoms with Crippen LogP contribution in [0.25, 0.3) is 0 Å². The first-order valence-electron chi connectivity index (χ1n) is 4.05. The van der Waals surface area contributed by atoms with Gasteiger partial charge in [-0.15, -0.1) is 0 Å². The first kappa shape index (κ1) is 12.6. The summed E-state index contributed by atoms with van der Waals surface area (Å²) >= 11 is 5.61. The smallest absolute Gasteiger partial charge is 0.362 e. The lowest BCUT2D eigenvalue weighted by molar-refractivity contribution is 0.0977. The van der Waals surface area contributed by atoms with Crippen LogP contribution in [0.15, 0.2) is 24.3 Å². The minimum atomic E-state index is -4.74. The summed E-state index contributed by atoms with van der Waals surface area (Å²) in [5.41, 5.74) is 5.23. The van der Waals surface area contributed by atoms with Crippen LogP contribution in [0.1, 0.15) is 5.56 Å². The summed E-state index contributed by atoms with van der Waals surface area (Å²) in [6.07, 6.45) is 0. The van der Waals surface area contributed by atoms with Crippen molar-refractivity contribution in [1.82, 2.24) is 0 Å². The summed E-state index contributed by atoms with van der Waals surface area (Å²) in [5.74, 6) is 0. The maximum Gasteiger partial charge on any atom is 0.362 e. The Bertz CT molecular complexity index is 390. The molecule has 0 aliphatic heterocycles. The molecular formula is C8H11ClNO4P. The van der Waals surface area contributed by atoms with E-state index in [-0.39, 0.29) is 5.56 Å². The van der Waals surface area contributed by atoms with E-state index in [0.29, 0.717) is 5.02 Å². The van der Waals surface area contributed by atoms with Crippen LogP contribution in [0.3, 0.4) is 0 Å². The van der Waals surface area contributed by atoms with Crippen LogP contribution in [0, 0.1) is 0 Å². The van der Waals surface area contributed by atoms with Crippen molar-refractivity contribution in [3.05, 3.63) is 34.9 Å². The molecular weight excluding hydrogens is 241 g/mol. The number of benzene rings is 1. The third-order valence-corrected chi connectivity index (χ3v) is 3.73. The van der Waals surface area contributed by atoms with Crippen molar-refractivity contribution in [1.29, 1.82) is 0 Å². The average molecular weight is 252 g/mol. The number of hydrogen-bond donors (Lipinski definition) is 4. The third-order valence-electron chi connectivity index (χ3n) is 2.07. The topological polar surface area (TPSA) is 104 Å². The summed E-state index contributed by atoms with van der Waals surface area (Å²) in [6, 6.07) is 5.50. The van der Waals surface area contributed by atoms with Crippen LogP contribution in [-0.2, 0) is 9.91 Å². The van der Waals surface area contributed by atoms with Gasteiger partial charge in [0, 0.05) is 11.6 Å². The Morgan fingerprint density at radius 1 is 1.33 bits per heavy atom. The Morgan fingerprint density at radius 3 is 2.13 bits per heavy atom. The van der Waals surface area contributed by atoms with Gasteiger partial charge in [-0.05, 0) is 17.7 Å². The summed E-state index contributed by atoms with van der Waals surface area (Å²) in [4.78, 5) is 18.0. The fourth-order valence-corrected chi connectivity index (χ4v) is 1.97. The van der Waals surface area contributed by atoms with E-state index in [9.17, 15) is 9.67 Å². The Morgan fingerprint density at radius 2 is 1.80 bits per heavy atom. The first-order valence-corrected chi connectivity index (χ1v) is 6.04. The van der Waals surface area contributed by atoms with Crippen LogP contribution in [0.5, 0.6) is 0 Å². The zero-order chi connectivity index (χ0) is 11.7. The highest BCUT2D eigenvalue weighted by atomic mass is 35.5. The van der Waals surface area contributed by atoms with Crippen LogP contribution in [0.4, 0.5) is 0 Å². The Balaban J connectivity index is 3.24. The lowest BCUT2D eigenvalue weighted by Gasteiger charge is -2.27. The van der Waals surface area contributed by atoms with Crippen molar-refractivity contribution in [3.63, 3.8) is 0 Å². The second-order valence-electron chi connectivity index (χ2n) is 3.07. The zero-order valence-electron chi connectivity index (χ0n) is 7.67. The fourth-order valence-electron chi connectivity index (χ4n) is 1.12. The molecule has 0 heterocycles. The molecule has 0 spiro atoms. The molecule has 84 valence electrons. The minimum Gasteiger partial charge on any atom is -0.372 e. The Hall–Kier alpha value is -0.420. The van der Waals surface area contributed by atoms with Crippen molar-refractivity contribution in [2.24, 2.45) is 5.73 Å². The fraction of sp³-hybridized carbons (Fsp3) is 0.250. The molecule has 1 aromatic carbocycles. The number of hydrogen-bond acceptors (Lipinski definition) is 3. The maximum absolute atomic E-state index is 11.1. The van der Waals surface area contributed by atoms with Crippen molar-refractivity contribution < 1.29 is 19.5 Å². The van der Waals surface area contributed by atoms with Gasteiger partial charge in [0.25, 0.3) is 0 Å². The molecule has 5 N–H and O–H groups in total. The van der Waals surface area contributed by atoms with E-state index in [0.717, 1.165) is 0 Å². The SMILES string of the molecule is NC[C@](O)(c1ccc(Cl)cc1)P(=O)(O)O. The average Bonchev–Trinajstić information content (AvgIpc) is 2.16. The van der Waals surface area contributed by atoms with Gasteiger partial charge in [-0.25, -0.2) is 0 Å². The van der Waals surface area contributed by atoms with E-state index in [1.54, 1.807) is 0 Å². The van der Waals surface area contributed by atoms with Gasteiger partial charge in [-0.3, -0.25) is 4.57 Å². The molecule has 0 aliphatic carbocycles. The molecule has 15 heavy (non-hydrogen) atoms. The molecule has 7 heteroatoms. The van der Waals surface area contributed by atoms with E-state index in [4.69, 9.17) is 27.1 Å². The molecule has 0 unspecified atom stereocenters. The van der Waals surface area contributed by atoms with Crippen LogP contribution in [-0.4, -0.2) is 21.4 Å².